The zero-order valence-corrected chi connectivity index (χ0v) is 16.6. The molecule has 0 aliphatic carbocycles. The van der Waals surface area contributed by atoms with Gasteiger partial charge in [0.1, 0.15) is 5.82 Å². The highest BCUT2D eigenvalue weighted by Gasteiger charge is 2.37. The van der Waals surface area contributed by atoms with Gasteiger partial charge in [-0.1, -0.05) is 18.2 Å². The van der Waals surface area contributed by atoms with Crippen LogP contribution in [0.4, 0.5) is 18.9 Å². The Kier molecular flexibility index (Phi) is 4.45. The van der Waals surface area contributed by atoms with E-state index in [4.69, 9.17) is 0 Å². The molecule has 1 atom stereocenters. The molecule has 0 radical (unpaired) electrons. The van der Waals surface area contributed by atoms with E-state index in [1.807, 2.05) is 17.2 Å². The molecule has 1 amide bonds. The summed E-state index contributed by atoms with van der Waals surface area (Å²) in [6.07, 6.45) is -3.00. The third-order valence-electron chi connectivity index (χ3n) is 5.63. The van der Waals surface area contributed by atoms with Crippen LogP contribution in [0, 0.1) is 6.92 Å². The molecule has 4 heterocycles. The lowest BCUT2D eigenvalue weighted by atomic mass is 10.1. The van der Waals surface area contributed by atoms with Gasteiger partial charge in [-0.2, -0.15) is 22.8 Å². The maximum Gasteiger partial charge on any atom is 0.451 e. The monoisotopic (exact) mass is 432 g/mol. The van der Waals surface area contributed by atoms with Crippen molar-refractivity contribution in [3.05, 3.63) is 47.3 Å². The zero-order chi connectivity index (χ0) is 21.8. The number of H-pyrrole nitrogens is 1. The molecule has 2 aliphatic heterocycles. The van der Waals surface area contributed by atoms with E-state index >= 15 is 0 Å². The Labute approximate surface area is 174 Å². The molecule has 2 aliphatic rings. The molecule has 12 heteroatoms. The zero-order valence-electron chi connectivity index (χ0n) is 16.6. The number of aromatic amines is 1. The molecule has 1 N–H and O–H groups in total. The van der Waals surface area contributed by atoms with Gasteiger partial charge in [0.15, 0.2) is 0 Å². The summed E-state index contributed by atoms with van der Waals surface area (Å²) in [7, 11) is 0. The van der Waals surface area contributed by atoms with Gasteiger partial charge in [0.05, 0.1) is 6.04 Å². The minimum Gasteiger partial charge on any atom is -0.366 e. The molecule has 1 saturated heterocycles. The molecule has 3 aromatic rings. The quantitative estimate of drug-likeness (QED) is 0.666. The smallest absolute Gasteiger partial charge is 0.366 e. The fraction of sp³-hybridized carbons (Fsp3) is 0.421. The molecule has 1 fully saturated rings. The number of carbonyl (C=O) groups is 1. The van der Waals surface area contributed by atoms with Crippen molar-refractivity contribution in [2.24, 2.45) is 0 Å². The first kappa shape index (κ1) is 19.5. The molecule has 0 bridgehead atoms. The van der Waals surface area contributed by atoms with E-state index in [-0.39, 0.29) is 29.5 Å². The van der Waals surface area contributed by atoms with Crippen molar-refractivity contribution in [2.75, 3.05) is 24.5 Å². The van der Waals surface area contributed by atoms with Gasteiger partial charge >= 0.3 is 6.18 Å². The van der Waals surface area contributed by atoms with Crippen LogP contribution in [-0.4, -0.2) is 66.4 Å². The summed E-state index contributed by atoms with van der Waals surface area (Å²) in [5.41, 5.74) is 2.48. The predicted molar refractivity (Wildman–Crippen MR) is 103 cm³/mol. The van der Waals surface area contributed by atoms with E-state index < -0.39 is 12.0 Å². The van der Waals surface area contributed by atoms with E-state index in [1.54, 1.807) is 4.90 Å². The molecular formula is C19H19F3N8O. The van der Waals surface area contributed by atoms with Crippen molar-refractivity contribution in [1.82, 2.24) is 34.8 Å². The van der Waals surface area contributed by atoms with E-state index in [0.717, 1.165) is 24.1 Å². The number of alkyl halides is 3. The second-order valence-corrected chi connectivity index (χ2v) is 7.66. The number of carbonyl (C=O) groups excluding carboxylic acids is 1. The van der Waals surface area contributed by atoms with E-state index in [9.17, 15) is 18.0 Å². The van der Waals surface area contributed by atoms with Gasteiger partial charge in [-0.3, -0.25) is 9.89 Å². The van der Waals surface area contributed by atoms with Crippen molar-refractivity contribution in [1.29, 1.82) is 0 Å². The number of fused-ring (bicyclic) bond motifs is 3. The molecule has 1 unspecified atom stereocenters. The van der Waals surface area contributed by atoms with Gasteiger partial charge in [-0.05, 0) is 31.4 Å². The SMILES string of the molecule is Cc1nc(C(=O)N2CCCN3c4ccccc4CC3C2)nn1-c1n[nH]c(C(F)(F)F)n1. The minimum absolute atomic E-state index is 0.0835. The summed E-state index contributed by atoms with van der Waals surface area (Å²) in [4.78, 5) is 24.7. The number of para-hydroxylation sites is 1. The number of rotatable bonds is 2. The first-order valence-electron chi connectivity index (χ1n) is 9.89. The van der Waals surface area contributed by atoms with Crippen LogP contribution >= 0.6 is 0 Å². The van der Waals surface area contributed by atoms with Crippen LogP contribution in [-0.2, 0) is 12.6 Å². The molecule has 31 heavy (non-hydrogen) atoms. The third kappa shape index (κ3) is 3.41. The second-order valence-electron chi connectivity index (χ2n) is 7.66. The summed E-state index contributed by atoms with van der Waals surface area (Å²) in [6.45, 7) is 3.47. The van der Waals surface area contributed by atoms with Crippen molar-refractivity contribution < 1.29 is 18.0 Å². The van der Waals surface area contributed by atoms with E-state index in [0.29, 0.717) is 13.1 Å². The average Bonchev–Trinajstić information content (AvgIpc) is 3.41. The summed E-state index contributed by atoms with van der Waals surface area (Å²) >= 11 is 0. The topological polar surface area (TPSA) is 95.8 Å². The van der Waals surface area contributed by atoms with Crippen molar-refractivity contribution in [3.8, 4) is 5.95 Å². The molecule has 0 saturated carbocycles. The lowest BCUT2D eigenvalue weighted by Crippen LogP contribution is -2.41. The second kappa shape index (κ2) is 7.06. The first-order valence-corrected chi connectivity index (χ1v) is 9.89. The van der Waals surface area contributed by atoms with Gasteiger partial charge in [0.2, 0.25) is 11.6 Å². The van der Waals surface area contributed by atoms with Crippen LogP contribution < -0.4 is 4.90 Å². The lowest BCUT2D eigenvalue weighted by molar-refractivity contribution is -0.144. The maximum absolute atomic E-state index is 13.1. The fourth-order valence-corrected chi connectivity index (χ4v) is 4.24. The number of aryl methyl sites for hydroxylation is 1. The van der Waals surface area contributed by atoms with Crippen molar-refractivity contribution >= 4 is 11.6 Å². The first-order chi connectivity index (χ1) is 14.8. The van der Waals surface area contributed by atoms with Crippen LogP contribution in [0.5, 0.6) is 0 Å². The molecule has 162 valence electrons. The van der Waals surface area contributed by atoms with Crippen LogP contribution in [0.3, 0.4) is 0 Å². The number of benzene rings is 1. The number of aromatic nitrogens is 6. The Hall–Kier alpha value is -3.44. The Morgan fingerprint density at radius 1 is 1.19 bits per heavy atom. The van der Waals surface area contributed by atoms with Gasteiger partial charge in [-0.25, -0.2) is 4.98 Å². The normalized spacial score (nSPS) is 18.6. The molecule has 9 nitrogen and oxygen atoms in total. The highest BCUT2D eigenvalue weighted by molar-refractivity contribution is 5.90. The van der Waals surface area contributed by atoms with Gasteiger partial charge in [0.25, 0.3) is 11.9 Å². The lowest BCUT2D eigenvalue weighted by Gasteiger charge is -2.27. The molecule has 5 rings (SSSR count). The summed E-state index contributed by atoms with van der Waals surface area (Å²) in [5, 5.41) is 9.49. The minimum atomic E-state index is -4.66. The van der Waals surface area contributed by atoms with Crippen LogP contribution in [0.1, 0.15) is 34.3 Å². The number of amides is 1. The number of nitrogens with one attached hydrogen (secondary N) is 1. The third-order valence-corrected chi connectivity index (χ3v) is 5.63. The van der Waals surface area contributed by atoms with Crippen molar-refractivity contribution in [3.63, 3.8) is 0 Å². The predicted octanol–water partition coefficient (Wildman–Crippen LogP) is 1.99. The molecule has 2 aromatic heterocycles. The highest BCUT2D eigenvalue weighted by Crippen LogP contribution is 2.33. The standard InChI is InChI=1S/C19H19F3N8O/c1-11-23-15(27-30(11)18-24-17(25-26-18)19(20,21)22)16(31)28-7-4-8-29-13(10-28)9-12-5-2-3-6-14(12)29/h2-3,5-6,13H,4,7-10H2,1H3,(H,24,25,26). The summed E-state index contributed by atoms with van der Waals surface area (Å²) < 4.78 is 39.4. The van der Waals surface area contributed by atoms with E-state index in [1.165, 1.54) is 18.2 Å². The van der Waals surface area contributed by atoms with Gasteiger partial charge in [-0.15, -0.1) is 10.2 Å². The fourth-order valence-electron chi connectivity index (χ4n) is 4.24. The van der Waals surface area contributed by atoms with E-state index in [2.05, 4.69) is 37.2 Å². The van der Waals surface area contributed by atoms with Crippen LogP contribution in [0.25, 0.3) is 5.95 Å². The average molecular weight is 432 g/mol. The summed E-state index contributed by atoms with van der Waals surface area (Å²) in [5.74, 6) is -1.77. The van der Waals surface area contributed by atoms with Crippen LogP contribution in [0.15, 0.2) is 24.3 Å². The number of halogens is 3. The molecule has 0 spiro atoms. The Bertz CT molecular complexity index is 1140. The largest absolute Gasteiger partial charge is 0.451 e. The number of hydrogen-bond acceptors (Lipinski definition) is 6. The number of anilines is 1. The maximum atomic E-state index is 13.1. The number of hydrogen-bond donors (Lipinski definition) is 1. The van der Waals surface area contributed by atoms with Crippen molar-refractivity contribution in [2.45, 2.75) is 32.0 Å². The number of nitrogens with zero attached hydrogens (tertiary/aromatic N) is 7. The van der Waals surface area contributed by atoms with Gasteiger partial charge in [0, 0.05) is 25.3 Å². The Morgan fingerprint density at radius 2 is 2.00 bits per heavy atom. The molecular weight excluding hydrogens is 413 g/mol. The Morgan fingerprint density at radius 3 is 2.77 bits per heavy atom. The summed E-state index contributed by atoms with van der Waals surface area (Å²) in [6, 6.07) is 8.41. The van der Waals surface area contributed by atoms with Crippen LogP contribution in [0.2, 0.25) is 0 Å². The molecule has 1 aromatic carbocycles. The van der Waals surface area contributed by atoms with Gasteiger partial charge < -0.3 is 9.80 Å². The highest BCUT2D eigenvalue weighted by atomic mass is 19.4. The Balaban J connectivity index is 1.36.